The van der Waals surface area contributed by atoms with Crippen molar-refractivity contribution in [2.75, 3.05) is 17.2 Å². The number of nitrogens with zero attached hydrogens (tertiary/aromatic N) is 4. The van der Waals surface area contributed by atoms with Crippen molar-refractivity contribution in [2.24, 2.45) is 10.2 Å². The second kappa shape index (κ2) is 11.1. The van der Waals surface area contributed by atoms with Gasteiger partial charge in [-0.15, -0.1) is 0 Å². The Morgan fingerprint density at radius 2 is 1.77 bits per heavy atom. The summed E-state index contributed by atoms with van der Waals surface area (Å²) in [5.41, 5.74) is 3.17. The van der Waals surface area contributed by atoms with E-state index in [-0.39, 0.29) is 5.75 Å². The minimum absolute atomic E-state index is 0.222. The van der Waals surface area contributed by atoms with E-state index >= 15 is 0 Å². The Bertz CT molecular complexity index is 1080. The zero-order valence-electron chi connectivity index (χ0n) is 17.5. The van der Waals surface area contributed by atoms with Crippen LogP contribution >= 0.6 is 11.3 Å². The molecule has 0 saturated carbocycles. The van der Waals surface area contributed by atoms with Crippen LogP contribution in [0.3, 0.4) is 0 Å². The Labute approximate surface area is 187 Å². The summed E-state index contributed by atoms with van der Waals surface area (Å²) >= 11 is 1.47. The normalized spacial score (nSPS) is 11.8. The first kappa shape index (κ1) is 23.1. The van der Waals surface area contributed by atoms with Gasteiger partial charge in [0, 0.05) is 24.2 Å². The molecule has 9 heteroatoms. The topological polar surface area (TPSA) is 86.2 Å². The van der Waals surface area contributed by atoms with Gasteiger partial charge >= 0.3 is 5.13 Å². The van der Waals surface area contributed by atoms with E-state index in [1.54, 1.807) is 0 Å². The third-order valence-electron chi connectivity index (χ3n) is 4.78. The van der Waals surface area contributed by atoms with E-state index < -0.39 is 10.1 Å². The molecule has 1 heterocycles. The average Bonchev–Trinajstić information content (AvgIpc) is 3.21. The van der Waals surface area contributed by atoms with Gasteiger partial charge in [-0.2, -0.15) is 8.42 Å². The zero-order chi connectivity index (χ0) is 22.1. The van der Waals surface area contributed by atoms with Crippen LogP contribution < -0.4 is 9.47 Å². The van der Waals surface area contributed by atoms with Gasteiger partial charge in [-0.1, -0.05) is 30.3 Å². The first-order valence-electron chi connectivity index (χ1n) is 10.2. The summed E-state index contributed by atoms with van der Waals surface area (Å²) in [6.45, 7) is 4.52. The molecule has 0 saturated heterocycles. The summed E-state index contributed by atoms with van der Waals surface area (Å²) < 4.78 is 32.4. The molecule has 0 aliphatic rings. The number of anilines is 1. The molecule has 0 fully saturated rings. The monoisotopic (exact) mass is 459 g/mol. The van der Waals surface area contributed by atoms with Crippen molar-refractivity contribution in [3.63, 3.8) is 0 Å². The molecule has 0 atom stereocenters. The van der Waals surface area contributed by atoms with Crippen molar-refractivity contribution in [3.05, 3.63) is 71.7 Å². The summed E-state index contributed by atoms with van der Waals surface area (Å²) in [5.74, 6) is -0.222. The highest BCUT2D eigenvalue weighted by atomic mass is 32.2. The van der Waals surface area contributed by atoms with E-state index in [2.05, 4.69) is 58.5 Å². The number of aromatic nitrogens is 1. The second-order valence-corrected chi connectivity index (χ2v) is 9.53. The molecule has 0 amide bonds. The predicted molar refractivity (Wildman–Crippen MR) is 124 cm³/mol. The summed E-state index contributed by atoms with van der Waals surface area (Å²) in [5, 5.41) is 11.4. The minimum atomic E-state index is -3.90. The van der Waals surface area contributed by atoms with Crippen LogP contribution in [0, 0.1) is 0 Å². The first-order chi connectivity index (χ1) is 14.9. The van der Waals surface area contributed by atoms with Gasteiger partial charge in [0.15, 0.2) is 0 Å². The van der Waals surface area contributed by atoms with Gasteiger partial charge in [-0.05, 0) is 66.0 Å². The van der Waals surface area contributed by atoms with Crippen molar-refractivity contribution >= 4 is 38.0 Å². The predicted octanol–water partition coefficient (Wildman–Crippen LogP) is 5.15. The zero-order valence-corrected chi connectivity index (χ0v) is 19.1. The van der Waals surface area contributed by atoms with E-state index in [1.165, 1.54) is 16.9 Å². The van der Waals surface area contributed by atoms with E-state index in [0.717, 1.165) is 29.6 Å². The maximum Gasteiger partial charge on any atom is 0.408 e. The highest BCUT2D eigenvalue weighted by molar-refractivity contribution is 7.85. The molecule has 7 nitrogen and oxygen atoms in total. The molecule has 0 bridgehead atoms. The fourth-order valence-corrected chi connectivity index (χ4v) is 4.41. The number of azo groups is 1. The third-order valence-corrected chi connectivity index (χ3v) is 6.36. The molecule has 3 aromatic rings. The van der Waals surface area contributed by atoms with Crippen molar-refractivity contribution in [2.45, 2.75) is 32.9 Å². The lowest BCUT2D eigenvalue weighted by atomic mass is 10.2. The number of rotatable bonds is 11. The van der Waals surface area contributed by atoms with Crippen molar-refractivity contribution in [1.29, 1.82) is 0 Å². The number of hydrogen-bond donors (Lipinski definition) is 1. The van der Waals surface area contributed by atoms with Gasteiger partial charge in [0.2, 0.25) is 0 Å². The number of benzene rings is 2. The number of thiazole rings is 1. The van der Waals surface area contributed by atoms with Gasteiger partial charge in [0.05, 0.1) is 17.4 Å². The van der Waals surface area contributed by atoms with Crippen LogP contribution in [0.5, 0.6) is 0 Å². The Morgan fingerprint density at radius 3 is 2.45 bits per heavy atom. The third kappa shape index (κ3) is 7.54. The van der Waals surface area contributed by atoms with E-state index in [4.69, 9.17) is 4.55 Å². The molecule has 1 N–H and O–H groups in total. The molecule has 31 heavy (non-hydrogen) atoms. The van der Waals surface area contributed by atoms with Gasteiger partial charge < -0.3 is 4.90 Å². The van der Waals surface area contributed by atoms with Crippen LogP contribution in [0.2, 0.25) is 0 Å². The Kier molecular flexibility index (Phi) is 8.27. The highest BCUT2D eigenvalue weighted by Crippen LogP contribution is 2.24. The fraction of sp³-hybridized carbons (Fsp3) is 0.318. The molecule has 0 aliphatic carbocycles. The number of hydrogen-bond acceptors (Lipinski definition) is 6. The quantitative estimate of drug-likeness (QED) is 0.186. The maximum atomic E-state index is 10.8. The first-order valence-corrected chi connectivity index (χ1v) is 12.7. The number of aryl methyl sites for hydroxylation is 1. The largest absolute Gasteiger partial charge is 0.408 e. The SMILES string of the molecule is CCN(Cc1ccccc1)c1ccc(N=Nc2scc[n+]2CCCCS(=O)(=O)O)cc1. The molecule has 0 radical (unpaired) electrons. The molecule has 0 spiro atoms. The maximum absolute atomic E-state index is 10.8. The Morgan fingerprint density at radius 1 is 1.03 bits per heavy atom. The average molecular weight is 460 g/mol. The summed E-state index contributed by atoms with van der Waals surface area (Å²) in [4.78, 5) is 2.30. The molecule has 3 rings (SSSR count). The lowest BCUT2D eigenvalue weighted by molar-refractivity contribution is -0.680. The molecular weight excluding hydrogens is 432 g/mol. The van der Waals surface area contributed by atoms with Crippen LogP contribution in [0.4, 0.5) is 16.5 Å². The van der Waals surface area contributed by atoms with Crippen molar-refractivity contribution < 1.29 is 17.5 Å². The van der Waals surface area contributed by atoms with E-state index in [9.17, 15) is 8.42 Å². The molecule has 0 aliphatic heterocycles. The number of unbranched alkanes of at least 4 members (excludes halogenated alkanes) is 1. The fourth-order valence-electron chi connectivity index (χ4n) is 3.13. The molecule has 164 valence electrons. The van der Waals surface area contributed by atoms with Crippen LogP contribution in [0.25, 0.3) is 0 Å². The smallest absolute Gasteiger partial charge is 0.367 e. The summed E-state index contributed by atoms with van der Waals surface area (Å²) in [7, 11) is -3.90. The van der Waals surface area contributed by atoms with Crippen LogP contribution in [0.1, 0.15) is 25.3 Å². The van der Waals surface area contributed by atoms with Crippen LogP contribution in [-0.2, 0) is 23.2 Å². The van der Waals surface area contributed by atoms with Crippen molar-refractivity contribution in [1.82, 2.24) is 0 Å². The molecular formula is C22H27N4O3S2+. The van der Waals surface area contributed by atoms with Gasteiger partial charge in [-0.25, -0.2) is 4.57 Å². The summed E-state index contributed by atoms with van der Waals surface area (Å²) in [6, 6.07) is 18.4. The lowest BCUT2D eigenvalue weighted by Crippen LogP contribution is -2.31. The molecule has 1 aromatic heterocycles. The van der Waals surface area contributed by atoms with Crippen molar-refractivity contribution in [3.8, 4) is 0 Å². The lowest BCUT2D eigenvalue weighted by Gasteiger charge is -2.23. The van der Waals surface area contributed by atoms with E-state index in [0.29, 0.717) is 19.4 Å². The van der Waals surface area contributed by atoms with Crippen LogP contribution in [-0.4, -0.2) is 25.3 Å². The Balaban J connectivity index is 1.59. The van der Waals surface area contributed by atoms with E-state index in [1.807, 2.05) is 34.3 Å². The van der Waals surface area contributed by atoms with Gasteiger partial charge in [0.25, 0.3) is 10.1 Å². The highest BCUT2D eigenvalue weighted by Gasteiger charge is 2.13. The molecule has 2 aromatic carbocycles. The summed E-state index contributed by atoms with van der Waals surface area (Å²) in [6.07, 6.45) is 2.93. The Hall–Kier alpha value is -2.62. The second-order valence-electron chi connectivity index (χ2n) is 7.09. The van der Waals surface area contributed by atoms with Gasteiger partial charge in [-0.3, -0.25) is 4.55 Å². The standard InChI is InChI=1S/C22H26N4O3S2/c1-2-25(18-19-8-4-3-5-9-19)21-12-10-20(11-13-21)23-24-22-26(15-16-30-22)14-6-7-17-31(27,28)29/h3-5,8-13,15-16H,2,6-7,14,17-18H2,1H3/p+1. The van der Waals surface area contributed by atoms with Gasteiger partial charge in [0.1, 0.15) is 11.9 Å². The molecule has 0 unspecified atom stereocenters. The minimum Gasteiger partial charge on any atom is -0.367 e. The van der Waals surface area contributed by atoms with Crippen LogP contribution in [0.15, 0.2) is 76.4 Å².